The van der Waals surface area contributed by atoms with E-state index in [9.17, 15) is 22.4 Å². The highest BCUT2D eigenvalue weighted by atomic mass is 32.2. The quantitative estimate of drug-likeness (QED) is 0.677. The number of nitrogens with zero attached hydrogens (tertiary/aromatic N) is 1. The standard InChI is InChI=1S/C19H22FN3O4S2/c20-14-6-8-15(9-7-14)22-19(25)18(24)21-11-10-16-4-1-2-12-23(16)29(26,27)17-5-3-13-28-17/h3,5-9,13,16H,1-2,4,10-12H2,(H,21,24)(H,22,25)/t16-/m0/s1. The van der Waals surface area contributed by atoms with Gasteiger partial charge in [0.25, 0.3) is 10.0 Å². The van der Waals surface area contributed by atoms with Gasteiger partial charge in [-0.25, -0.2) is 12.8 Å². The van der Waals surface area contributed by atoms with Crippen LogP contribution in [0.15, 0.2) is 46.0 Å². The van der Waals surface area contributed by atoms with Crippen molar-refractivity contribution in [3.8, 4) is 0 Å². The fourth-order valence-electron chi connectivity index (χ4n) is 3.26. The SMILES string of the molecule is O=C(NCC[C@@H]1CCCCN1S(=O)(=O)c1cccs1)C(=O)Nc1ccc(F)cc1. The number of hydrogen-bond donors (Lipinski definition) is 2. The van der Waals surface area contributed by atoms with Crippen LogP contribution in [0.3, 0.4) is 0 Å². The predicted octanol–water partition coefficient (Wildman–Crippen LogP) is 2.58. The van der Waals surface area contributed by atoms with Crippen molar-refractivity contribution in [2.24, 2.45) is 0 Å². The summed E-state index contributed by atoms with van der Waals surface area (Å²) in [6.45, 7) is 0.626. The minimum atomic E-state index is -3.55. The third-order valence-corrected chi connectivity index (χ3v) is 8.03. The van der Waals surface area contributed by atoms with E-state index in [1.807, 2.05) is 0 Å². The van der Waals surface area contributed by atoms with Gasteiger partial charge in [0, 0.05) is 24.8 Å². The van der Waals surface area contributed by atoms with E-state index in [2.05, 4.69) is 10.6 Å². The van der Waals surface area contributed by atoms with Gasteiger partial charge in [-0.3, -0.25) is 9.59 Å². The Labute approximate surface area is 173 Å². The van der Waals surface area contributed by atoms with E-state index in [-0.39, 0.29) is 12.6 Å². The Morgan fingerprint density at radius 2 is 1.90 bits per heavy atom. The van der Waals surface area contributed by atoms with Gasteiger partial charge in [0.1, 0.15) is 10.0 Å². The maximum Gasteiger partial charge on any atom is 0.313 e. The molecule has 1 aromatic carbocycles. The highest BCUT2D eigenvalue weighted by Gasteiger charge is 2.33. The summed E-state index contributed by atoms with van der Waals surface area (Å²) >= 11 is 1.18. The van der Waals surface area contributed by atoms with Gasteiger partial charge in [-0.2, -0.15) is 4.31 Å². The number of anilines is 1. The lowest BCUT2D eigenvalue weighted by atomic mass is 10.0. The van der Waals surface area contributed by atoms with Gasteiger partial charge in [0.15, 0.2) is 0 Å². The van der Waals surface area contributed by atoms with Crippen molar-refractivity contribution in [1.82, 2.24) is 9.62 Å². The first-order chi connectivity index (χ1) is 13.9. The Morgan fingerprint density at radius 1 is 1.14 bits per heavy atom. The van der Waals surface area contributed by atoms with Gasteiger partial charge in [-0.15, -0.1) is 11.3 Å². The Kier molecular flexibility index (Phi) is 6.99. The van der Waals surface area contributed by atoms with Crippen LogP contribution >= 0.6 is 11.3 Å². The molecule has 0 aliphatic carbocycles. The molecule has 2 amide bonds. The number of hydrogen-bond acceptors (Lipinski definition) is 5. The second-order valence-electron chi connectivity index (χ2n) is 6.70. The van der Waals surface area contributed by atoms with Crippen LogP contribution in [-0.2, 0) is 19.6 Å². The number of halogens is 1. The fourth-order valence-corrected chi connectivity index (χ4v) is 6.10. The molecule has 1 aliphatic heterocycles. The Hall–Kier alpha value is -2.30. The van der Waals surface area contributed by atoms with Crippen molar-refractivity contribution in [3.63, 3.8) is 0 Å². The molecule has 0 saturated carbocycles. The number of sulfonamides is 1. The molecule has 3 rings (SSSR count). The summed E-state index contributed by atoms with van der Waals surface area (Å²) in [7, 11) is -3.55. The summed E-state index contributed by atoms with van der Waals surface area (Å²) in [4.78, 5) is 23.9. The minimum absolute atomic E-state index is 0.177. The van der Waals surface area contributed by atoms with Crippen LogP contribution < -0.4 is 10.6 Å². The van der Waals surface area contributed by atoms with Crippen molar-refractivity contribution < 1.29 is 22.4 Å². The number of carbonyl (C=O) groups is 2. The van der Waals surface area contributed by atoms with Crippen LogP contribution in [0, 0.1) is 5.82 Å². The second-order valence-corrected chi connectivity index (χ2v) is 9.77. The molecule has 0 bridgehead atoms. The Morgan fingerprint density at radius 3 is 2.59 bits per heavy atom. The summed E-state index contributed by atoms with van der Waals surface area (Å²) in [5.74, 6) is -2.12. The molecule has 7 nitrogen and oxygen atoms in total. The molecular formula is C19H22FN3O4S2. The van der Waals surface area contributed by atoms with Crippen LogP contribution in [0.25, 0.3) is 0 Å². The van der Waals surface area contributed by atoms with Crippen LogP contribution in [0.5, 0.6) is 0 Å². The van der Waals surface area contributed by atoms with E-state index in [4.69, 9.17) is 0 Å². The lowest BCUT2D eigenvalue weighted by Gasteiger charge is -2.34. The predicted molar refractivity (Wildman–Crippen MR) is 109 cm³/mol. The van der Waals surface area contributed by atoms with E-state index >= 15 is 0 Å². The van der Waals surface area contributed by atoms with Gasteiger partial charge in [-0.05, 0) is 55.0 Å². The molecule has 2 heterocycles. The highest BCUT2D eigenvalue weighted by molar-refractivity contribution is 7.91. The van der Waals surface area contributed by atoms with Crippen LogP contribution in [0.4, 0.5) is 10.1 Å². The fraction of sp³-hybridized carbons (Fsp3) is 0.368. The van der Waals surface area contributed by atoms with E-state index in [1.165, 1.54) is 39.9 Å². The second kappa shape index (κ2) is 9.47. The molecule has 29 heavy (non-hydrogen) atoms. The van der Waals surface area contributed by atoms with E-state index in [0.717, 1.165) is 12.8 Å². The van der Waals surface area contributed by atoms with Crippen molar-refractivity contribution in [3.05, 3.63) is 47.6 Å². The lowest BCUT2D eigenvalue weighted by molar-refractivity contribution is -0.136. The van der Waals surface area contributed by atoms with Gasteiger partial charge < -0.3 is 10.6 Å². The number of nitrogens with one attached hydrogen (secondary N) is 2. The first kappa shape index (κ1) is 21.4. The maximum atomic E-state index is 12.9. The number of rotatable bonds is 6. The lowest BCUT2D eigenvalue weighted by Crippen LogP contribution is -2.45. The zero-order valence-corrected chi connectivity index (χ0v) is 17.3. The normalized spacial score (nSPS) is 17.6. The Balaban J connectivity index is 1.53. The molecule has 2 N–H and O–H groups in total. The number of piperidine rings is 1. The molecule has 0 radical (unpaired) electrons. The van der Waals surface area contributed by atoms with Crippen LogP contribution in [0.1, 0.15) is 25.7 Å². The maximum absolute atomic E-state index is 12.9. The van der Waals surface area contributed by atoms with Gasteiger partial charge >= 0.3 is 11.8 Å². The highest BCUT2D eigenvalue weighted by Crippen LogP contribution is 2.29. The van der Waals surface area contributed by atoms with E-state index < -0.39 is 27.7 Å². The molecule has 156 valence electrons. The molecule has 10 heteroatoms. The van der Waals surface area contributed by atoms with Crippen molar-refractivity contribution >= 4 is 38.9 Å². The third kappa shape index (κ3) is 5.40. The molecule has 1 atom stereocenters. The Bertz CT molecular complexity index is 946. The average molecular weight is 440 g/mol. The zero-order valence-electron chi connectivity index (χ0n) is 15.6. The van der Waals surface area contributed by atoms with Crippen LogP contribution in [0.2, 0.25) is 0 Å². The third-order valence-electron chi connectivity index (χ3n) is 4.70. The molecule has 1 saturated heterocycles. The monoisotopic (exact) mass is 439 g/mol. The largest absolute Gasteiger partial charge is 0.348 e. The summed E-state index contributed by atoms with van der Waals surface area (Å²) in [6, 6.07) is 8.14. The van der Waals surface area contributed by atoms with Gasteiger partial charge in [-0.1, -0.05) is 12.5 Å². The number of carbonyl (C=O) groups excluding carboxylic acids is 2. The average Bonchev–Trinajstić information content (AvgIpc) is 3.26. The van der Waals surface area contributed by atoms with E-state index in [0.29, 0.717) is 29.3 Å². The summed E-state index contributed by atoms with van der Waals surface area (Å²) < 4.78 is 40.4. The first-order valence-corrected chi connectivity index (χ1v) is 11.6. The topological polar surface area (TPSA) is 95.6 Å². The van der Waals surface area contributed by atoms with Gasteiger partial charge in [0.05, 0.1) is 0 Å². The molecule has 1 fully saturated rings. The molecule has 1 aliphatic rings. The molecule has 0 unspecified atom stereocenters. The smallest absolute Gasteiger partial charge is 0.313 e. The number of thiophene rings is 1. The summed E-state index contributed by atoms with van der Waals surface area (Å²) in [6.07, 6.45) is 2.84. The summed E-state index contributed by atoms with van der Waals surface area (Å²) in [5.41, 5.74) is 0.312. The molecule has 0 spiro atoms. The number of amides is 2. The molecule has 2 aromatic rings. The first-order valence-electron chi connectivity index (χ1n) is 9.28. The van der Waals surface area contributed by atoms with Crippen molar-refractivity contribution in [1.29, 1.82) is 0 Å². The number of benzene rings is 1. The molecule has 1 aromatic heterocycles. The van der Waals surface area contributed by atoms with Crippen LogP contribution in [-0.4, -0.2) is 43.7 Å². The van der Waals surface area contributed by atoms with Crippen molar-refractivity contribution in [2.45, 2.75) is 35.9 Å². The van der Waals surface area contributed by atoms with Gasteiger partial charge in [0.2, 0.25) is 0 Å². The summed E-state index contributed by atoms with van der Waals surface area (Å²) in [5, 5.41) is 6.64. The zero-order chi connectivity index (χ0) is 20.9. The van der Waals surface area contributed by atoms with E-state index in [1.54, 1.807) is 17.5 Å². The van der Waals surface area contributed by atoms with Crippen molar-refractivity contribution in [2.75, 3.05) is 18.4 Å². The molecular weight excluding hydrogens is 417 g/mol. The minimum Gasteiger partial charge on any atom is -0.348 e.